The number of hydrogen-bond acceptors (Lipinski definition) is 10. The van der Waals surface area contributed by atoms with Gasteiger partial charge in [0.2, 0.25) is 0 Å². The SMILES string of the molecule is COSC(=O)OC(=O)C(N)CC(=O)[O-].O=C1CSC=N1. The molecule has 1 atom stereocenters. The quantitative estimate of drug-likeness (QED) is 0.376. The number of thioether (sulfide) groups is 1. The Kier molecular flexibility index (Phi) is 9.63. The molecule has 0 saturated heterocycles. The van der Waals surface area contributed by atoms with Gasteiger partial charge < -0.3 is 24.6 Å². The Labute approximate surface area is 122 Å². The Hall–Kier alpha value is -1.43. The predicted octanol–water partition coefficient (Wildman–Crippen LogP) is -1.30. The summed E-state index contributed by atoms with van der Waals surface area (Å²) in [7, 11) is 1.21. The molecule has 20 heavy (non-hydrogen) atoms. The van der Waals surface area contributed by atoms with Crippen molar-refractivity contribution in [1.29, 1.82) is 0 Å². The van der Waals surface area contributed by atoms with Gasteiger partial charge in [-0.25, -0.2) is 14.6 Å². The minimum Gasteiger partial charge on any atom is -0.550 e. The molecule has 1 aliphatic rings. The molecule has 1 aliphatic heterocycles. The smallest absolute Gasteiger partial charge is 0.402 e. The number of aliphatic imine (C=N–C) groups is 1. The Morgan fingerprint density at radius 1 is 1.60 bits per heavy atom. The minimum atomic E-state index is -1.50. The van der Waals surface area contributed by atoms with Gasteiger partial charge >= 0.3 is 11.3 Å². The molecule has 1 unspecified atom stereocenters. The van der Waals surface area contributed by atoms with Crippen LogP contribution in [-0.4, -0.2) is 47.6 Å². The lowest BCUT2D eigenvalue weighted by Gasteiger charge is -2.09. The van der Waals surface area contributed by atoms with Gasteiger partial charge in [-0.05, 0) is 0 Å². The van der Waals surface area contributed by atoms with E-state index in [4.69, 9.17) is 5.73 Å². The van der Waals surface area contributed by atoms with Crippen molar-refractivity contribution in [2.75, 3.05) is 12.9 Å². The van der Waals surface area contributed by atoms with E-state index in [9.17, 15) is 24.3 Å². The van der Waals surface area contributed by atoms with Crippen molar-refractivity contribution in [1.82, 2.24) is 0 Å². The first-order valence-electron chi connectivity index (χ1n) is 4.95. The molecule has 0 aromatic heterocycles. The molecule has 0 aromatic rings. The number of carboxylic acid groups (broad SMARTS) is 1. The molecule has 1 amide bonds. The molecule has 112 valence electrons. The molecule has 9 nitrogen and oxygen atoms in total. The number of ether oxygens (including phenoxy) is 1. The van der Waals surface area contributed by atoms with Crippen molar-refractivity contribution in [3.8, 4) is 0 Å². The maximum absolute atomic E-state index is 10.8. The summed E-state index contributed by atoms with van der Waals surface area (Å²) in [4.78, 5) is 44.9. The van der Waals surface area contributed by atoms with Crippen LogP contribution in [0.5, 0.6) is 0 Å². The zero-order valence-electron chi connectivity index (χ0n) is 10.3. The third kappa shape index (κ3) is 9.49. The highest BCUT2D eigenvalue weighted by Crippen LogP contribution is 2.06. The van der Waals surface area contributed by atoms with Gasteiger partial charge in [0.15, 0.2) is 0 Å². The normalized spacial score (nSPS) is 14.2. The van der Waals surface area contributed by atoms with Crippen LogP contribution in [0.15, 0.2) is 4.99 Å². The summed E-state index contributed by atoms with van der Waals surface area (Å²) in [5.41, 5.74) is 6.64. The van der Waals surface area contributed by atoms with Crippen molar-refractivity contribution in [2.45, 2.75) is 12.5 Å². The maximum Gasteiger partial charge on any atom is 0.402 e. The van der Waals surface area contributed by atoms with Crippen LogP contribution in [0, 0.1) is 0 Å². The standard InChI is InChI=1S/C6H9NO6S.C3H3NOS/c1-12-14-6(11)13-5(10)3(7)2-4(8)9;5-3-1-6-2-4-3/h3H,2,7H2,1H3,(H,8,9);2H,1H2/p-1. The zero-order valence-corrected chi connectivity index (χ0v) is 11.9. The minimum absolute atomic E-state index is 0.0139. The van der Waals surface area contributed by atoms with Crippen LogP contribution in [0.25, 0.3) is 0 Å². The van der Waals surface area contributed by atoms with Gasteiger partial charge in [-0.3, -0.25) is 4.79 Å². The van der Waals surface area contributed by atoms with Crippen molar-refractivity contribution < 1.29 is 33.2 Å². The third-order valence-electron chi connectivity index (χ3n) is 1.50. The largest absolute Gasteiger partial charge is 0.550 e. The van der Waals surface area contributed by atoms with Crippen LogP contribution in [0.1, 0.15) is 6.42 Å². The Bertz CT molecular complexity index is 413. The summed E-state index contributed by atoms with van der Waals surface area (Å²) in [5.74, 6) is -2.11. The molecule has 0 fully saturated rings. The lowest BCUT2D eigenvalue weighted by atomic mass is 10.2. The first kappa shape index (κ1) is 18.6. The summed E-state index contributed by atoms with van der Waals surface area (Å²) < 4.78 is 8.38. The molecule has 11 heteroatoms. The third-order valence-corrected chi connectivity index (χ3v) is 2.56. The number of carbonyl (C=O) groups excluding carboxylic acids is 4. The van der Waals surface area contributed by atoms with E-state index < -0.39 is 29.7 Å². The highest BCUT2D eigenvalue weighted by molar-refractivity contribution is 8.13. The monoisotopic (exact) mass is 323 g/mol. The molecule has 0 saturated carbocycles. The molecule has 1 heterocycles. The second-order valence-electron chi connectivity index (χ2n) is 3.04. The van der Waals surface area contributed by atoms with E-state index in [2.05, 4.69) is 13.9 Å². The predicted molar refractivity (Wildman–Crippen MR) is 69.6 cm³/mol. The molecule has 0 spiro atoms. The van der Waals surface area contributed by atoms with Crippen molar-refractivity contribution >= 4 is 52.5 Å². The highest BCUT2D eigenvalue weighted by atomic mass is 32.2. The Balaban J connectivity index is 0.000000493. The number of carbonyl (C=O) groups is 4. The van der Waals surface area contributed by atoms with Crippen LogP contribution in [0.4, 0.5) is 4.79 Å². The summed E-state index contributed by atoms with van der Waals surface area (Å²) in [6.45, 7) is 0. The summed E-state index contributed by atoms with van der Waals surface area (Å²) >= 11 is 1.74. The number of hydrogen-bond donors (Lipinski definition) is 1. The van der Waals surface area contributed by atoms with Gasteiger partial charge in [-0.2, -0.15) is 0 Å². The molecule has 0 bridgehead atoms. The molecule has 1 rings (SSSR count). The van der Waals surface area contributed by atoms with Crippen molar-refractivity contribution in [3.63, 3.8) is 0 Å². The van der Waals surface area contributed by atoms with Gasteiger partial charge in [-0.15, -0.1) is 11.8 Å². The second-order valence-corrected chi connectivity index (χ2v) is 4.71. The van der Waals surface area contributed by atoms with Gasteiger partial charge in [0.1, 0.15) is 18.1 Å². The molecule has 0 radical (unpaired) electrons. The Morgan fingerprint density at radius 2 is 2.25 bits per heavy atom. The number of aliphatic carboxylic acids is 1. The fraction of sp³-hybridized carbons (Fsp3) is 0.444. The fourth-order valence-corrected chi connectivity index (χ4v) is 1.48. The van der Waals surface area contributed by atoms with Crippen LogP contribution in [0.2, 0.25) is 0 Å². The van der Waals surface area contributed by atoms with E-state index in [1.165, 1.54) is 18.9 Å². The maximum atomic E-state index is 10.8. The van der Waals surface area contributed by atoms with E-state index in [-0.39, 0.29) is 5.91 Å². The number of rotatable bonds is 4. The van der Waals surface area contributed by atoms with Crippen LogP contribution in [-0.2, 0) is 23.3 Å². The lowest BCUT2D eigenvalue weighted by Crippen LogP contribution is -2.39. The van der Waals surface area contributed by atoms with Gasteiger partial charge in [0.25, 0.3) is 5.91 Å². The van der Waals surface area contributed by atoms with Crippen LogP contribution < -0.4 is 10.8 Å². The van der Waals surface area contributed by atoms with E-state index in [1.54, 1.807) is 5.55 Å². The second kappa shape index (κ2) is 10.4. The molecular formula is C9H11N2O7S2-. The fourth-order valence-electron chi connectivity index (χ4n) is 0.748. The first-order chi connectivity index (χ1) is 9.36. The van der Waals surface area contributed by atoms with Crippen molar-refractivity contribution in [2.24, 2.45) is 10.7 Å². The number of carboxylic acids is 1. The van der Waals surface area contributed by atoms with E-state index in [0.717, 1.165) is 0 Å². The summed E-state index contributed by atoms with van der Waals surface area (Å²) in [6.07, 6.45) is -0.705. The average Bonchev–Trinajstić information content (AvgIpc) is 2.80. The highest BCUT2D eigenvalue weighted by Gasteiger charge is 2.19. The number of esters is 1. The zero-order chi connectivity index (χ0) is 15.5. The first-order valence-corrected chi connectivity index (χ1v) is 6.74. The number of nitrogens with zero attached hydrogens (tertiary/aromatic N) is 1. The van der Waals surface area contributed by atoms with Crippen molar-refractivity contribution in [3.05, 3.63) is 0 Å². The average molecular weight is 323 g/mol. The van der Waals surface area contributed by atoms with Gasteiger partial charge in [-0.1, -0.05) is 0 Å². The molecule has 0 aromatic carbocycles. The molecule has 2 N–H and O–H groups in total. The van der Waals surface area contributed by atoms with Crippen LogP contribution in [0.3, 0.4) is 0 Å². The number of amides is 1. The molecule has 0 aliphatic carbocycles. The van der Waals surface area contributed by atoms with Crippen LogP contribution >= 0.6 is 23.8 Å². The number of nitrogens with two attached hydrogens (primary N) is 1. The van der Waals surface area contributed by atoms with E-state index in [0.29, 0.717) is 17.8 Å². The molecular weight excluding hydrogens is 312 g/mol. The van der Waals surface area contributed by atoms with Gasteiger partial charge in [0.05, 0.1) is 18.4 Å². The van der Waals surface area contributed by atoms with E-state index >= 15 is 0 Å². The summed E-state index contributed by atoms with van der Waals surface area (Å²) in [5, 5.41) is 9.00. The van der Waals surface area contributed by atoms with E-state index in [1.807, 2.05) is 0 Å². The Morgan fingerprint density at radius 3 is 2.60 bits per heavy atom. The summed E-state index contributed by atoms with van der Waals surface area (Å²) in [6, 6.07) is -1.42. The topological polar surface area (TPSA) is 148 Å². The lowest BCUT2D eigenvalue weighted by molar-refractivity contribution is -0.306. The van der Waals surface area contributed by atoms with Gasteiger partial charge in [0, 0.05) is 12.4 Å².